The largest absolute Gasteiger partial charge is 0.496 e. The lowest BCUT2D eigenvalue weighted by Crippen LogP contribution is -2.04. The molecule has 150 valence electrons. The molecule has 0 atom stereocenters. The predicted molar refractivity (Wildman–Crippen MR) is 117 cm³/mol. The zero-order valence-electron chi connectivity index (χ0n) is 16.7. The first-order valence-corrected chi connectivity index (χ1v) is 9.70. The lowest BCUT2D eigenvalue weighted by molar-refractivity contribution is -0.136. The Morgan fingerprint density at radius 3 is 2.30 bits per heavy atom. The Balaban J connectivity index is 1.82. The van der Waals surface area contributed by atoms with Crippen LogP contribution in [0.25, 0.3) is 22.5 Å². The van der Waals surface area contributed by atoms with Crippen molar-refractivity contribution in [2.75, 3.05) is 7.11 Å². The molecule has 0 unspecified atom stereocenters. The molecule has 3 aromatic carbocycles. The average molecular weight is 398 g/mol. The maximum Gasteiger partial charge on any atom is 0.307 e. The molecule has 5 heteroatoms. The van der Waals surface area contributed by atoms with Crippen LogP contribution < -0.4 is 4.74 Å². The average Bonchev–Trinajstić information content (AvgIpc) is 3.18. The first-order valence-electron chi connectivity index (χ1n) is 9.70. The van der Waals surface area contributed by atoms with Gasteiger partial charge in [0.05, 0.1) is 31.5 Å². The van der Waals surface area contributed by atoms with E-state index >= 15 is 0 Å². The summed E-state index contributed by atoms with van der Waals surface area (Å²) in [5.41, 5.74) is 5.43. The van der Waals surface area contributed by atoms with Crippen LogP contribution in [-0.2, 0) is 17.8 Å². The normalized spacial score (nSPS) is 10.7. The Morgan fingerprint density at radius 2 is 1.63 bits per heavy atom. The monoisotopic (exact) mass is 398 g/mol. The molecule has 0 aliphatic carbocycles. The minimum atomic E-state index is -0.870. The molecule has 0 aliphatic rings. The number of nitrogens with zero attached hydrogens (tertiary/aromatic N) is 2. The van der Waals surface area contributed by atoms with Gasteiger partial charge in [-0.05, 0) is 34.9 Å². The highest BCUT2D eigenvalue weighted by Crippen LogP contribution is 2.33. The first kappa shape index (κ1) is 19.5. The van der Waals surface area contributed by atoms with Gasteiger partial charge in [-0.2, -0.15) is 5.10 Å². The van der Waals surface area contributed by atoms with Crippen molar-refractivity contribution in [3.8, 4) is 28.3 Å². The number of aliphatic carboxylic acids is 1. The highest BCUT2D eigenvalue weighted by Gasteiger charge is 2.16. The van der Waals surface area contributed by atoms with E-state index in [1.165, 1.54) is 0 Å². The number of carboxylic acid groups (broad SMARTS) is 1. The Morgan fingerprint density at radius 1 is 0.933 bits per heavy atom. The number of methoxy groups -OCH3 is 1. The topological polar surface area (TPSA) is 64.3 Å². The Hall–Kier alpha value is -3.86. The van der Waals surface area contributed by atoms with Crippen molar-refractivity contribution in [1.82, 2.24) is 9.78 Å². The summed E-state index contributed by atoms with van der Waals surface area (Å²) in [6.45, 7) is 0.627. The molecule has 0 bridgehead atoms. The summed E-state index contributed by atoms with van der Waals surface area (Å²) in [6.07, 6.45) is -0.0484. The molecule has 1 aromatic heterocycles. The predicted octanol–water partition coefficient (Wildman–Crippen LogP) is 4.90. The van der Waals surface area contributed by atoms with Gasteiger partial charge in [0.15, 0.2) is 0 Å². The maximum atomic E-state index is 11.2. The van der Waals surface area contributed by atoms with E-state index in [-0.39, 0.29) is 6.42 Å². The van der Waals surface area contributed by atoms with Gasteiger partial charge in [0, 0.05) is 5.56 Å². The molecule has 0 aliphatic heterocycles. The SMILES string of the molecule is COc1ccc(CC(=O)O)cc1-c1cc(-c2ccccc2)n(Cc2ccccc2)n1. The van der Waals surface area contributed by atoms with Gasteiger partial charge in [-0.15, -0.1) is 0 Å². The van der Waals surface area contributed by atoms with Crippen LogP contribution in [0.3, 0.4) is 0 Å². The number of hydrogen-bond donors (Lipinski definition) is 1. The fourth-order valence-corrected chi connectivity index (χ4v) is 3.51. The molecule has 30 heavy (non-hydrogen) atoms. The zero-order chi connectivity index (χ0) is 20.9. The third-order valence-corrected chi connectivity index (χ3v) is 4.92. The molecule has 0 fully saturated rings. The molecule has 0 saturated carbocycles. The van der Waals surface area contributed by atoms with Gasteiger partial charge in [-0.1, -0.05) is 66.7 Å². The molecule has 1 N–H and O–H groups in total. The minimum Gasteiger partial charge on any atom is -0.496 e. The zero-order valence-corrected chi connectivity index (χ0v) is 16.7. The summed E-state index contributed by atoms with van der Waals surface area (Å²) >= 11 is 0. The van der Waals surface area contributed by atoms with Gasteiger partial charge in [0.1, 0.15) is 5.75 Å². The molecule has 4 rings (SSSR count). The van der Waals surface area contributed by atoms with Crippen molar-refractivity contribution >= 4 is 5.97 Å². The molecule has 0 saturated heterocycles. The third kappa shape index (κ3) is 4.25. The van der Waals surface area contributed by atoms with Crippen LogP contribution in [0, 0.1) is 0 Å². The fraction of sp³-hybridized carbons (Fsp3) is 0.120. The lowest BCUT2D eigenvalue weighted by Gasteiger charge is -2.09. The van der Waals surface area contributed by atoms with Crippen molar-refractivity contribution in [2.45, 2.75) is 13.0 Å². The van der Waals surface area contributed by atoms with Crippen molar-refractivity contribution in [3.63, 3.8) is 0 Å². The highest BCUT2D eigenvalue weighted by atomic mass is 16.5. The van der Waals surface area contributed by atoms with Gasteiger partial charge >= 0.3 is 5.97 Å². The smallest absolute Gasteiger partial charge is 0.307 e. The molecule has 4 aromatic rings. The third-order valence-electron chi connectivity index (χ3n) is 4.92. The van der Waals surface area contributed by atoms with E-state index in [1.54, 1.807) is 19.2 Å². The summed E-state index contributed by atoms with van der Waals surface area (Å²) in [4.78, 5) is 11.2. The summed E-state index contributed by atoms with van der Waals surface area (Å²) in [5.74, 6) is -0.209. The molecule has 0 spiro atoms. The van der Waals surface area contributed by atoms with Crippen LogP contribution in [0.15, 0.2) is 84.9 Å². The number of ether oxygens (including phenoxy) is 1. The summed E-state index contributed by atoms with van der Waals surface area (Å²) < 4.78 is 7.51. The number of carbonyl (C=O) groups is 1. The highest BCUT2D eigenvalue weighted by molar-refractivity contribution is 5.76. The van der Waals surface area contributed by atoms with Crippen molar-refractivity contribution in [2.24, 2.45) is 0 Å². The second-order valence-corrected chi connectivity index (χ2v) is 7.03. The Labute approximate surface area is 175 Å². The summed E-state index contributed by atoms with van der Waals surface area (Å²) in [7, 11) is 1.61. The van der Waals surface area contributed by atoms with E-state index in [4.69, 9.17) is 14.9 Å². The van der Waals surface area contributed by atoms with Crippen LogP contribution in [0.4, 0.5) is 0 Å². The van der Waals surface area contributed by atoms with E-state index < -0.39 is 5.97 Å². The molecule has 5 nitrogen and oxygen atoms in total. The van der Waals surface area contributed by atoms with Crippen LogP contribution >= 0.6 is 0 Å². The maximum absolute atomic E-state index is 11.2. The van der Waals surface area contributed by atoms with E-state index in [0.717, 1.165) is 28.1 Å². The number of carboxylic acids is 1. The van der Waals surface area contributed by atoms with Crippen LogP contribution in [-0.4, -0.2) is 28.0 Å². The molecule has 1 heterocycles. The van der Waals surface area contributed by atoms with Crippen molar-refractivity contribution in [3.05, 3.63) is 96.1 Å². The van der Waals surface area contributed by atoms with Gasteiger partial charge in [-0.3, -0.25) is 9.48 Å². The fourth-order valence-electron chi connectivity index (χ4n) is 3.51. The number of aromatic nitrogens is 2. The van der Waals surface area contributed by atoms with Gasteiger partial charge < -0.3 is 9.84 Å². The molecular formula is C25H22N2O3. The molecule has 0 radical (unpaired) electrons. The van der Waals surface area contributed by atoms with Gasteiger partial charge in [-0.25, -0.2) is 0 Å². The van der Waals surface area contributed by atoms with E-state index in [9.17, 15) is 4.79 Å². The standard InChI is InChI=1S/C25H22N2O3/c1-30-24-13-12-19(15-25(28)29)14-21(24)22-16-23(20-10-6-3-7-11-20)27(26-22)17-18-8-4-2-5-9-18/h2-14,16H,15,17H2,1H3,(H,28,29). The van der Waals surface area contributed by atoms with Crippen LogP contribution in [0.1, 0.15) is 11.1 Å². The van der Waals surface area contributed by atoms with E-state index in [0.29, 0.717) is 17.9 Å². The Bertz CT molecular complexity index is 1150. The van der Waals surface area contributed by atoms with E-state index in [2.05, 4.69) is 24.3 Å². The number of benzene rings is 3. The van der Waals surface area contributed by atoms with E-state index in [1.807, 2.05) is 53.2 Å². The quantitative estimate of drug-likeness (QED) is 0.481. The molecule has 0 amide bonds. The minimum absolute atomic E-state index is 0.0484. The lowest BCUT2D eigenvalue weighted by atomic mass is 10.0. The van der Waals surface area contributed by atoms with Crippen molar-refractivity contribution in [1.29, 1.82) is 0 Å². The number of hydrogen-bond acceptors (Lipinski definition) is 3. The number of rotatable bonds is 7. The summed E-state index contributed by atoms with van der Waals surface area (Å²) in [5, 5.41) is 14.0. The first-order chi connectivity index (χ1) is 14.6. The van der Waals surface area contributed by atoms with Crippen LogP contribution in [0.5, 0.6) is 5.75 Å². The summed E-state index contributed by atoms with van der Waals surface area (Å²) in [6, 6.07) is 27.7. The van der Waals surface area contributed by atoms with Gasteiger partial charge in [0.25, 0.3) is 0 Å². The molecular weight excluding hydrogens is 376 g/mol. The van der Waals surface area contributed by atoms with Gasteiger partial charge in [0.2, 0.25) is 0 Å². The second kappa shape index (κ2) is 8.66. The van der Waals surface area contributed by atoms with Crippen LogP contribution in [0.2, 0.25) is 0 Å². The second-order valence-electron chi connectivity index (χ2n) is 7.03. The Kier molecular flexibility index (Phi) is 5.61. The van der Waals surface area contributed by atoms with Crippen molar-refractivity contribution < 1.29 is 14.6 Å².